The highest BCUT2D eigenvalue weighted by atomic mass is 32.1. The number of nitriles is 1. The van der Waals surface area contributed by atoms with E-state index < -0.39 is 11.7 Å². The Morgan fingerprint density at radius 1 is 1.14 bits per heavy atom. The van der Waals surface area contributed by atoms with Gasteiger partial charge in [-0.3, -0.25) is 0 Å². The molecule has 0 bridgehead atoms. The molecule has 1 N–H and O–H groups in total. The van der Waals surface area contributed by atoms with Crippen LogP contribution in [0.25, 0.3) is 22.0 Å². The summed E-state index contributed by atoms with van der Waals surface area (Å²) in [6.07, 6.45) is -4.37. The van der Waals surface area contributed by atoms with Gasteiger partial charge in [0.25, 0.3) is 0 Å². The number of aromatic nitrogens is 4. The zero-order valence-electron chi connectivity index (χ0n) is 10.7. The largest absolute Gasteiger partial charge is 0.416 e. The van der Waals surface area contributed by atoms with E-state index in [4.69, 9.17) is 5.26 Å². The summed E-state index contributed by atoms with van der Waals surface area (Å²) in [6.45, 7) is 0. The summed E-state index contributed by atoms with van der Waals surface area (Å²) in [5.74, 6) is 0. The number of halogens is 3. The lowest BCUT2D eigenvalue weighted by molar-refractivity contribution is -0.137. The predicted octanol–water partition coefficient (Wildman–Crippen LogP) is 3.49. The number of hydrogen-bond donors (Lipinski definition) is 1. The third-order valence-electron chi connectivity index (χ3n) is 2.86. The zero-order chi connectivity index (χ0) is 15.7. The van der Waals surface area contributed by atoms with Crippen molar-refractivity contribution < 1.29 is 13.2 Å². The van der Waals surface area contributed by atoms with Crippen LogP contribution in [0, 0.1) is 11.3 Å². The molecule has 2 heterocycles. The molecule has 0 aliphatic heterocycles. The molecule has 1 aromatic carbocycles. The predicted molar refractivity (Wildman–Crippen MR) is 72.6 cm³/mol. The van der Waals surface area contributed by atoms with Crippen LogP contribution in [-0.2, 0) is 6.18 Å². The van der Waals surface area contributed by atoms with Gasteiger partial charge >= 0.3 is 6.18 Å². The molecule has 0 aliphatic carbocycles. The second-order valence-electron chi connectivity index (χ2n) is 4.25. The van der Waals surface area contributed by atoms with Gasteiger partial charge in [0, 0.05) is 10.9 Å². The quantitative estimate of drug-likeness (QED) is 0.783. The van der Waals surface area contributed by atoms with Gasteiger partial charge < -0.3 is 0 Å². The summed E-state index contributed by atoms with van der Waals surface area (Å²) in [7, 11) is 0. The number of benzene rings is 1. The highest BCUT2D eigenvalue weighted by molar-refractivity contribution is 7.13. The van der Waals surface area contributed by atoms with Crippen molar-refractivity contribution in [3.05, 3.63) is 40.9 Å². The van der Waals surface area contributed by atoms with E-state index >= 15 is 0 Å². The fourth-order valence-corrected chi connectivity index (χ4v) is 2.62. The Hall–Kier alpha value is -2.73. The first-order chi connectivity index (χ1) is 10.5. The Morgan fingerprint density at radius 3 is 2.50 bits per heavy atom. The van der Waals surface area contributed by atoms with Crippen LogP contribution in [0.2, 0.25) is 0 Å². The first-order valence-corrected chi connectivity index (χ1v) is 6.81. The number of nitrogens with one attached hydrogen (secondary N) is 1. The maximum atomic E-state index is 12.5. The van der Waals surface area contributed by atoms with Crippen LogP contribution in [0.15, 0.2) is 29.6 Å². The van der Waals surface area contributed by atoms with Gasteiger partial charge in [0.15, 0.2) is 5.69 Å². The van der Waals surface area contributed by atoms with Gasteiger partial charge in [-0.1, -0.05) is 12.1 Å². The van der Waals surface area contributed by atoms with E-state index in [2.05, 4.69) is 20.4 Å². The summed E-state index contributed by atoms with van der Waals surface area (Å²) in [5, 5.41) is 21.0. The molecule has 0 spiro atoms. The topological polar surface area (TPSA) is 78.2 Å². The van der Waals surface area contributed by atoms with Crippen molar-refractivity contribution in [2.45, 2.75) is 6.18 Å². The molecule has 3 aromatic rings. The summed E-state index contributed by atoms with van der Waals surface area (Å²) in [6, 6.07) is 6.62. The number of H-pyrrole nitrogens is 1. The molecule has 0 unspecified atom stereocenters. The highest BCUT2D eigenvalue weighted by Crippen LogP contribution is 2.33. The smallest absolute Gasteiger partial charge is 0.234 e. The van der Waals surface area contributed by atoms with E-state index in [1.165, 1.54) is 23.5 Å². The number of aromatic amines is 1. The van der Waals surface area contributed by atoms with Gasteiger partial charge in [0.05, 0.1) is 5.56 Å². The van der Waals surface area contributed by atoms with Crippen molar-refractivity contribution in [1.29, 1.82) is 5.26 Å². The number of rotatable bonds is 2. The van der Waals surface area contributed by atoms with Crippen LogP contribution in [0.1, 0.15) is 11.3 Å². The molecule has 2 aromatic heterocycles. The van der Waals surface area contributed by atoms with E-state index in [0.717, 1.165) is 12.1 Å². The zero-order valence-corrected chi connectivity index (χ0v) is 11.5. The van der Waals surface area contributed by atoms with Crippen LogP contribution >= 0.6 is 11.3 Å². The van der Waals surface area contributed by atoms with Crippen molar-refractivity contribution in [3.8, 4) is 28.0 Å². The van der Waals surface area contributed by atoms with Crippen LogP contribution in [-0.4, -0.2) is 20.4 Å². The average molecular weight is 321 g/mol. The molecule has 0 saturated heterocycles. The van der Waals surface area contributed by atoms with Crippen molar-refractivity contribution in [1.82, 2.24) is 20.4 Å². The number of thiazole rings is 1. The van der Waals surface area contributed by atoms with E-state index in [9.17, 15) is 13.2 Å². The van der Waals surface area contributed by atoms with Gasteiger partial charge in [0.1, 0.15) is 22.5 Å². The van der Waals surface area contributed by atoms with E-state index in [-0.39, 0.29) is 5.69 Å². The van der Waals surface area contributed by atoms with Crippen LogP contribution < -0.4 is 0 Å². The SMILES string of the molecule is N#Cc1n[nH]nc1-c1csc(-c2ccc(C(F)(F)F)cc2)n1. The summed E-state index contributed by atoms with van der Waals surface area (Å²) >= 11 is 1.25. The van der Waals surface area contributed by atoms with E-state index in [1.54, 1.807) is 5.38 Å². The van der Waals surface area contributed by atoms with Crippen molar-refractivity contribution >= 4 is 11.3 Å². The van der Waals surface area contributed by atoms with Gasteiger partial charge in [-0.15, -0.1) is 16.4 Å². The maximum absolute atomic E-state index is 12.5. The van der Waals surface area contributed by atoms with Crippen LogP contribution in [0.3, 0.4) is 0 Å². The van der Waals surface area contributed by atoms with Gasteiger partial charge in [0.2, 0.25) is 0 Å². The normalized spacial score (nSPS) is 11.4. The van der Waals surface area contributed by atoms with Crippen molar-refractivity contribution in [2.75, 3.05) is 0 Å². The number of alkyl halides is 3. The Labute approximate surface area is 126 Å². The standard InChI is InChI=1S/C13H6F3N5S/c14-13(15,16)8-3-1-7(2-4-8)12-18-10(6-22-12)11-9(5-17)19-21-20-11/h1-4,6H,(H,19,20,21). The Kier molecular flexibility index (Phi) is 3.38. The lowest BCUT2D eigenvalue weighted by Gasteiger charge is -2.06. The first-order valence-electron chi connectivity index (χ1n) is 5.93. The summed E-state index contributed by atoms with van der Waals surface area (Å²) < 4.78 is 37.6. The minimum atomic E-state index is -4.37. The molecule has 9 heteroatoms. The minimum Gasteiger partial charge on any atom is -0.234 e. The van der Waals surface area contributed by atoms with Gasteiger partial charge in [-0.05, 0) is 12.1 Å². The maximum Gasteiger partial charge on any atom is 0.416 e. The third kappa shape index (κ3) is 2.56. The molecule has 22 heavy (non-hydrogen) atoms. The lowest BCUT2D eigenvalue weighted by atomic mass is 10.1. The molecule has 110 valence electrons. The first kappa shape index (κ1) is 14.2. The summed E-state index contributed by atoms with van der Waals surface area (Å²) in [5.41, 5.74) is 0.730. The average Bonchev–Trinajstić information content (AvgIpc) is 3.15. The Bertz CT molecular complexity index is 842. The highest BCUT2D eigenvalue weighted by Gasteiger charge is 2.30. The fraction of sp³-hybridized carbons (Fsp3) is 0.0769. The Balaban J connectivity index is 1.93. The molecule has 0 amide bonds. The van der Waals surface area contributed by atoms with Crippen molar-refractivity contribution in [3.63, 3.8) is 0 Å². The molecule has 0 radical (unpaired) electrons. The van der Waals surface area contributed by atoms with E-state index in [1.807, 2.05) is 6.07 Å². The second kappa shape index (κ2) is 5.23. The van der Waals surface area contributed by atoms with Gasteiger partial charge in [-0.2, -0.15) is 28.7 Å². The van der Waals surface area contributed by atoms with Gasteiger partial charge in [-0.25, -0.2) is 4.98 Å². The molecule has 5 nitrogen and oxygen atoms in total. The molecule has 3 rings (SSSR count). The number of nitrogens with zero attached hydrogens (tertiary/aromatic N) is 4. The molecule has 0 saturated carbocycles. The third-order valence-corrected chi connectivity index (χ3v) is 3.75. The van der Waals surface area contributed by atoms with Crippen LogP contribution in [0.5, 0.6) is 0 Å². The Morgan fingerprint density at radius 2 is 1.86 bits per heavy atom. The molecular weight excluding hydrogens is 315 g/mol. The molecular formula is C13H6F3N5S. The fourth-order valence-electron chi connectivity index (χ4n) is 1.80. The van der Waals surface area contributed by atoms with Crippen molar-refractivity contribution in [2.24, 2.45) is 0 Å². The second-order valence-corrected chi connectivity index (χ2v) is 5.10. The van der Waals surface area contributed by atoms with E-state index in [0.29, 0.717) is 22.0 Å². The monoisotopic (exact) mass is 321 g/mol. The number of hydrogen-bond acceptors (Lipinski definition) is 5. The molecule has 0 fully saturated rings. The molecule has 0 aliphatic rings. The lowest BCUT2D eigenvalue weighted by Crippen LogP contribution is -2.03. The minimum absolute atomic E-state index is 0.115. The summed E-state index contributed by atoms with van der Waals surface area (Å²) in [4.78, 5) is 4.29. The molecule has 0 atom stereocenters. The van der Waals surface area contributed by atoms with Crippen LogP contribution in [0.4, 0.5) is 13.2 Å².